The number of rotatable bonds is 10. The van der Waals surface area contributed by atoms with Crippen LogP contribution in [0.4, 0.5) is 0 Å². The van der Waals surface area contributed by atoms with Crippen LogP contribution < -0.4 is 5.32 Å². The molecule has 46 heavy (non-hydrogen) atoms. The first kappa shape index (κ1) is 35.1. The summed E-state index contributed by atoms with van der Waals surface area (Å²) in [6, 6.07) is 9.06. The number of nitrogens with zero attached hydrogens (tertiary/aromatic N) is 4. The molecule has 2 saturated heterocycles. The minimum atomic E-state index is -2.04. The number of aliphatic hydroxyl groups excluding tert-OH is 1. The molecule has 3 heterocycles. The molecule has 0 bridgehead atoms. The van der Waals surface area contributed by atoms with E-state index in [1.54, 1.807) is 50.7 Å². The van der Waals surface area contributed by atoms with Gasteiger partial charge in [0.05, 0.1) is 43.4 Å². The van der Waals surface area contributed by atoms with E-state index in [4.69, 9.17) is 9.47 Å². The largest absolute Gasteiger partial charge is 0.467 e. The van der Waals surface area contributed by atoms with Crippen molar-refractivity contribution in [2.75, 3.05) is 13.7 Å². The Hall–Kier alpha value is -3.79. The Labute approximate surface area is 270 Å². The van der Waals surface area contributed by atoms with Crippen molar-refractivity contribution < 1.29 is 34.1 Å². The average Bonchev–Trinajstić information content (AvgIpc) is 3.68. The van der Waals surface area contributed by atoms with Gasteiger partial charge in [-0.2, -0.15) is 0 Å². The fourth-order valence-electron chi connectivity index (χ4n) is 6.23. The van der Waals surface area contributed by atoms with E-state index >= 15 is 0 Å². The van der Waals surface area contributed by atoms with E-state index in [9.17, 15) is 24.6 Å². The van der Waals surface area contributed by atoms with Crippen LogP contribution >= 0.6 is 0 Å². The molecule has 1 aromatic heterocycles. The third kappa shape index (κ3) is 5.92. The molecule has 12 heteroatoms. The number of ether oxygens (including phenoxy) is 2. The number of fused-ring (bicyclic) bond motifs is 1. The number of carbonyl (C=O) groups is 3. The molecule has 4 atom stereocenters. The number of benzene rings is 1. The summed E-state index contributed by atoms with van der Waals surface area (Å²) in [7, 11) is 1.23. The van der Waals surface area contributed by atoms with E-state index in [-0.39, 0.29) is 19.1 Å². The van der Waals surface area contributed by atoms with Crippen LogP contribution in [0.5, 0.6) is 0 Å². The van der Waals surface area contributed by atoms with E-state index in [1.807, 2.05) is 39.0 Å². The van der Waals surface area contributed by atoms with Crippen LogP contribution in [-0.2, 0) is 36.9 Å². The minimum Gasteiger partial charge on any atom is -0.467 e. The Morgan fingerprint density at radius 3 is 2.48 bits per heavy atom. The van der Waals surface area contributed by atoms with Gasteiger partial charge in [-0.1, -0.05) is 62.2 Å². The molecule has 0 saturated carbocycles. The number of hydrogen-bond donors (Lipinski definition) is 3. The van der Waals surface area contributed by atoms with Gasteiger partial charge >= 0.3 is 5.97 Å². The van der Waals surface area contributed by atoms with Gasteiger partial charge in [-0.05, 0) is 46.1 Å². The van der Waals surface area contributed by atoms with Gasteiger partial charge in [0.25, 0.3) is 0 Å². The number of aryl methyl sites for hydroxylation is 1. The maximum Gasteiger partial charge on any atom is 0.338 e. The number of amides is 2. The highest BCUT2D eigenvalue weighted by atomic mass is 16.6. The molecule has 3 N–H and O–H groups in total. The number of aliphatic hydroxyl groups is 2. The first-order chi connectivity index (χ1) is 21.4. The van der Waals surface area contributed by atoms with Gasteiger partial charge in [0.2, 0.25) is 17.4 Å². The second kappa shape index (κ2) is 12.8. The lowest BCUT2D eigenvalue weighted by molar-refractivity contribution is -0.165. The average molecular weight is 638 g/mol. The Morgan fingerprint density at radius 1 is 1.17 bits per heavy atom. The van der Waals surface area contributed by atoms with Gasteiger partial charge in [-0.15, -0.1) is 11.0 Å². The van der Waals surface area contributed by atoms with Crippen LogP contribution in [-0.4, -0.2) is 79.0 Å². The highest BCUT2D eigenvalue weighted by Crippen LogP contribution is 2.56. The van der Waals surface area contributed by atoms with Gasteiger partial charge in [0.1, 0.15) is 11.9 Å². The summed E-state index contributed by atoms with van der Waals surface area (Å²) in [5.74, 6) is 4.45. The molecular formula is C34H47N5O7. The predicted molar refractivity (Wildman–Crippen MR) is 168 cm³/mol. The summed E-state index contributed by atoms with van der Waals surface area (Å²) in [5.41, 5.74) is -5.54. The SMILES string of the molecule is COC(=O)[C@]12CO[C@H](C(C)(C)C)N1C(=O)C(C)(C)[C@@]2(O)C#CCCCCn1cc(CNC(=O)C(C)(C)C(O)c2ccccc2)nn1. The van der Waals surface area contributed by atoms with Gasteiger partial charge in [-0.3, -0.25) is 19.2 Å². The van der Waals surface area contributed by atoms with Gasteiger partial charge in [0, 0.05) is 18.4 Å². The zero-order chi connectivity index (χ0) is 34.1. The monoisotopic (exact) mass is 637 g/mol. The standard InChI is InChI=1S/C34H47N5O7/c1-30(2,3)28-39-27(42)32(6,7)34(44,33(39,22-46-28)29(43)45-8)18-14-9-10-15-19-38-21-24(36-37-38)20-35-26(41)31(4,5)25(40)23-16-12-11-13-17-23/h11-13,16-17,21,25,28,40,44H,9-10,15,19-20,22H2,1-8H3,(H,35,41)/t25?,28-,33+,34+/m1/s1. The van der Waals surface area contributed by atoms with Crippen LogP contribution in [0.2, 0.25) is 0 Å². The van der Waals surface area contributed by atoms with E-state index in [0.717, 1.165) is 0 Å². The van der Waals surface area contributed by atoms with Crippen LogP contribution in [0.15, 0.2) is 36.5 Å². The number of carbonyl (C=O) groups excluding carboxylic acids is 3. The fraction of sp³-hybridized carbons (Fsp3) is 0.618. The maximum absolute atomic E-state index is 13.7. The number of methoxy groups -OCH3 is 1. The normalized spacial score (nSPS) is 24.6. The van der Waals surface area contributed by atoms with Crippen molar-refractivity contribution in [1.82, 2.24) is 25.2 Å². The summed E-state index contributed by atoms with van der Waals surface area (Å²) in [6.07, 6.45) is 1.81. The van der Waals surface area contributed by atoms with Crippen molar-refractivity contribution in [3.05, 3.63) is 47.8 Å². The lowest BCUT2D eigenvalue weighted by atomic mass is 9.68. The molecule has 1 unspecified atom stereocenters. The molecule has 2 aliphatic rings. The number of esters is 1. The first-order valence-corrected chi connectivity index (χ1v) is 15.6. The maximum atomic E-state index is 13.7. The van der Waals surface area contributed by atoms with Crippen molar-refractivity contribution in [3.63, 3.8) is 0 Å². The van der Waals surface area contributed by atoms with Crippen LogP contribution in [0, 0.1) is 28.1 Å². The van der Waals surface area contributed by atoms with Gasteiger partial charge in [0.15, 0.2) is 5.60 Å². The summed E-state index contributed by atoms with van der Waals surface area (Å²) < 4.78 is 12.8. The molecule has 0 aliphatic carbocycles. The quantitative estimate of drug-likeness (QED) is 0.203. The van der Waals surface area contributed by atoms with Crippen LogP contribution in [0.3, 0.4) is 0 Å². The number of aromatic nitrogens is 3. The summed E-state index contributed by atoms with van der Waals surface area (Å²) in [5, 5.41) is 34.0. The van der Waals surface area contributed by atoms with Crippen LogP contribution in [0.1, 0.15) is 85.1 Å². The van der Waals surface area contributed by atoms with Crippen molar-refractivity contribution >= 4 is 17.8 Å². The second-order valence-corrected chi connectivity index (χ2v) is 14.3. The smallest absolute Gasteiger partial charge is 0.338 e. The summed E-state index contributed by atoms with van der Waals surface area (Å²) in [4.78, 5) is 41.2. The minimum absolute atomic E-state index is 0.168. The summed E-state index contributed by atoms with van der Waals surface area (Å²) in [6.45, 7) is 12.8. The van der Waals surface area contributed by atoms with E-state index in [1.165, 1.54) is 12.0 Å². The molecule has 2 fully saturated rings. The lowest BCUT2D eigenvalue weighted by Crippen LogP contribution is -2.66. The van der Waals surface area contributed by atoms with E-state index in [2.05, 4.69) is 27.5 Å². The highest BCUT2D eigenvalue weighted by Gasteiger charge is 2.80. The molecule has 1 aromatic carbocycles. The molecular weight excluding hydrogens is 590 g/mol. The highest BCUT2D eigenvalue weighted by molar-refractivity contribution is 6.00. The second-order valence-electron chi connectivity index (χ2n) is 14.3. The fourth-order valence-corrected chi connectivity index (χ4v) is 6.23. The van der Waals surface area contributed by atoms with E-state index < -0.39 is 51.6 Å². The van der Waals surface area contributed by atoms with Crippen molar-refractivity contribution in [3.8, 4) is 11.8 Å². The topological polar surface area (TPSA) is 156 Å². The molecule has 0 radical (unpaired) electrons. The molecule has 2 amide bonds. The van der Waals surface area contributed by atoms with Gasteiger partial charge in [-0.25, -0.2) is 4.79 Å². The third-order valence-electron chi connectivity index (χ3n) is 9.22. The van der Waals surface area contributed by atoms with Gasteiger partial charge < -0.3 is 25.0 Å². The van der Waals surface area contributed by atoms with Crippen molar-refractivity contribution in [1.29, 1.82) is 0 Å². The Bertz CT molecular complexity index is 1500. The van der Waals surface area contributed by atoms with Crippen LogP contribution in [0.25, 0.3) is 0 Å². The Morgan fingerprint density at radius 2 is 1.85 bits per heavy atom. The first-order valence-electron chi connectivity index (χ1n) is 15.6. The molecule has 0 spiro atoms. The molecule has 4 rings (SSSR count). The third-order valence-corrected chi connectivity index (χ3v) is 9.22. The number of nitrogens with one attached hydrogen (secondary N) is 1. The number of unbranched alkanes of at least 4 members (excludes halogenated alkanes) is 2. The van der Waals surface area contributed by atoms with Crippen molar-refractivity contribution in [2.45, 2.75) is 104 Å². The Balaban J connectivity index is 1.34. The zero-order valence-electron chi connectivity index (χ0n) is 28.1. The predicted octanol–water partition coefficient (Wildman–Crippen LogP) is 2.74. The Kier molecular flexibility index (Phi) is 9.74. The molecule has 12 nitrogen and oxygen atoms in total. The van der Waals surface area contributed by atoms with Crippen molar-refractivity contribution in [2.24, 2.45) is 16.2 Å². The summed E-state index contributed by atoms with van der Waals surface area (Å²) >= 11 is 0. The lowest BCUT2D eigenvalue weighted by Gasteiger charge is -2.40. The molecule has 250 valence electrons. The van der Waals surface area contributed by atoms with E-state index in [0.29, 0.717) is 37.1 Å². The molecule has 2 aromatic rings. The zero-order valence-corrected chi connectivity index (χ0v) is 28.1. The molecule has 2 aliphatic heterocycles. The number of hydrogen-bond acceptors (Lipinski definition) is 9.